The third kappa shape index (κ3) is 4.42. The maximum absolute atomic E-state index is 12.8. The van der Waals surface area contributed by atoms with Gasteiger partial charge in [0.2, 0.25) is 0 Å². The summed E-state index contributed by atoms with van der Waals surface area (Å²) in [6.45, 7) is 4.68. The van der Waals surface area contributed by atoms with Gasteiger partial charge in [-0.2, -0.15) is 0 Å². The van der Waals surface area contributed by atoms with Gasteiger partial charge in [-0.25, -0.2) is 0 Å². The van der Waals surface area contributed by atoms with E-state index in [4.69, 9.17) is 0 Å². The van der Waals surface area contributed by atoms with E-state index in [-0.39, 0.29) is 11.9 Å². The second kappa shape index (κ2) is 7.23. The zero-order valence-corrected chi connectivity index (χ0v) is 15.2. The molecule has 0 heterocycles. The number of benzene rings is 2. The third-order valence-corrected chi connectivity index (χ3v) is 4.11. The van der Waals surface area contributed by atoms with Crippen LogP contribution in [0.4, 0.5) is 0 Å². The SMILES string of the molecule is CC(C)N(Cc1ccccc1)C(=O)c1cc(Br)cc(Br)c1. The zero-order chi connectivity index (χ0) is 15.4. The zero-order valence-electron chi connectivity index (χ0n) is 12.0. The van der Waals surface area contributed by atoms with E-state index in [2.05, 4.69) is 31.9 Å². The van der Waals surface area contributed by atoms with Crippen LogP contribution in [0.2, 0.25) is 0 Å². The molecular weight excluding hydrogens is 394 g/mol. The molecule has 2 aromatic carbocycles. The van der Waals surface area contributed by atoms with Crippen molar-refractivity contribution in [3.63, 3.8) is 0 Å². The predicted octanol–water partition coefficient (Wildman–Crippen LogP) is 5.26. The summed E-state index contributed by atoms with van der Waals surface area (Å²) in [7, 11) is 0. The van der Waals surface area contributed by atoms with Crippen LogP contribution >= 0.6 is 31.9 Å². The van der Waals surface area contributed by atoms with Gasteiger partial charge in [-0.3, -0.25) is 4.79 Å². The lowest BCUT2D eigenvalue weighted by Crippen LogP contribution is -2.36. The Hall–Kier alpha value is -1.13. The van der Waals surface area contributed by atoms with Gasteiger partial charge in [0.05, 0.1) is 0 Å². The molecule has 0 aliphatic rings. The molecule has 2 nitrogen and oxygen atoms in total. The molecule has 0 spiro atoms. The van der Waals surface area contributed by atoms with Gasteiger partial charge >= 0.3 is 0 Å². The van der Waals surface area contributed by atoms with Crippen molar-refractivity contribution in [2.75, 3.05) is 0 Å². The van der Waals surface area contributed by atoms with E-state index >= 15 is 0 Å². The van der Waals surface area contributed by atoms with E-state index in [1.807, 2.05) is 67.3 Å². The predicted molar refractivity (Wildman–Crippen MR) is 93.3 cm³/mol. The Morgan fingerprint density at radius 3 is 2.14 bits per heavy atom. The number of rotatable bonds is 4. The minimum atomic E-state index is 0.0378. The van der Waals surface area contributed by atoms with Crippen molar-refractivity contribution in [1.82, 2.24) is 4.90 Å². The van der Waals surface area contributed by atoms with Gasteiger partial charge in [0, 0.05) is 27.1 Å². The van der Waals surface area contributed by atoms with Gasteiger partial charge < -0.3 is 4.90 Å². The smallest absolute Gasteiger partial charge is 0.254 e. The van der Waals surface area contributed by atoms with Crippen LogP contribution in [-0.4, -0.2) is 16.8 Å². The van der Waals surface area contributed by atoms with Crippen LogP contribution in [0.1, 0.15) is 29.8 Å². The molecule has 0 bridgehead atoms. The quantitative estimate of drug-likeness (QED) is 0.672. The fourth-order valence-corrected chi connectivity index (χ4v) is 3.41. The molecule has 1 amide bonds. The normalized spacial score (nSPS) is 10.7. The summed E-state index contributed by atoms with van der Waals surface area (Å²) in [5, 5.41) is 0. The molecule has 21 heavy (non-hydrogen) atoms. The first-order valence-corrected chi connectivity index (χ1v) is 8.37. The second-order valence-electron chi connectivity index (χ2n) is 5.17. The molecule has 0 saturated heterocycles. The van der Waals surface area contributed by atoms with Gasteiger partial charge in [0.25, 0.3) is 5.91 Å². The Balaban J connectivity index is 2.27. The topological polar surface area (TPSA) is 20.3 Å². The molecule has 0 saturated carbocycles. The average molecular weight is 411 g/mol. The van der Waals surface area contributed by atoms with Gasteiger partial charge in [0.15, 0.2) is 0 Å². The van der Waals surface area contributed by atoms with E-state index in [1.54, 1.807) is 0 Å². The Morgan fingerprint density at radius 2 is 1.62 bits per heavy atom. The van der Waals surface area contributed by atoms with Crippen LogP contribution < -0.4 is 0 Å². The molecular formula is C17H17Br2NO. The van der Waals surface area contributed by atoms with E-state index in [1.165, 1.54) is 0 Å². The Bertz CT molecular complexity index is 606. The first-order chi connectivity index (χ1) is 9.97. The maximum atomic E-state index is 12.8. The van der Waals surface area contributed by atoms with Gasteiger partial charge in [-0.05, 0) is 37.6 Å². The first kappa shape index (κ1) is 16.2. The number of amides is 1. The number of carbonyl (C=O) groups is 1. The van der Waals surface area contributed by atoms with Crippen molar-refractivity contribution in [2.45, 2.75) is 26.4 Å². The van der Waals surface area contributed by atoms with Crippen LogP contribution in [-0.2, 0) is 6.54 Å². The molecule has 0 atom stereocenters. The Kier molecular flexibility index (Phi) is 5.59. The van der Waals surface area contributed by atoms with Crippen molar-refractivity contribution in [3.8, 4) is 0 Å². The van der Waals surface area contributed by atoms with Gasteiger partial charge in [-0.1, -0.05) is 62.2 Å². The highest BCUT2D eigenvalue weighted by Crippen LogP contribution is 2.22. The van der Waals surface area contributed by atoms with Gasteiger partial charge in [-0.15, -0.1) is 0 Å². The van der Waals surface area contributed by atoms with Crippen molar-refractivity contribution in [3.05, 3.63) is 68.6 Å². The summed E-state index contributed by atoms with van der Waals surface area (Å²) in [6, 6.07) is 15.8. The number of hydrogen-bond acceptors (Lipinski definition) is 1. The molecule has 2 aromatic rings. The lowest BCUT2D eigenvalue weighted by molar-refractivity contribution is 0.0690. The fraction of sp³-hybridized carbons (Fsp3) is 0.235. The highest BCUT2D eigenvalue weighted by Gasteiger charge is 2.19. The number of hydrogen-bond donors (Lipinski definition) is 0. The summed E-state index contributed by atoms with van der Waals surface area (Å²) in [5.74, 6) is 0.0378. The van der Waals surface area contributed by atoms with Crippen LogP contribution in [0.3, 0.4) is 0 Å². The van der Waals surface area contributed by atoms with Gasteiger partial charge in [0.1, 0.15) is 0 Å². The van der Waals surface area contributed by atoms with Crippen LogP contribution in [0, 0.1) is 0 Å². The molecule has 0 aliphatic heterocycles. The largest absolute Gasteiger partial charge is 0.332 e. The molecule has 110 valence electrons. The summed E-state index contributed by atoms with van der Waals surface area (Å²) in [5.41, 5.74) is 1.81. The summed E-state index contributed by atoms with van der Waals surface area (Å²) < 4.78 is 1.78. The molecule has 0 unspecified atom stereocenters. The van der Waals surface area contributed by atoms with Crippen molar-refractivity contribution in [2.24, 2.45) is 0 Å². The number of nitrogens with zero attached hydrogens (tertiary/aromatic N) is 1. The Labute approximate surface area is 142 Å². The van der Waals surface area contributed by atoms with E-state index in [9.17, 15) is 4.79 Å². The molecule has 0 fully saturated rings. The van der Waals surface area contributed by atoms with E-state index < -0.39 is 0 Å². The lowest BCUT2D eigenvalue weighted by Gasteiger charge is -2.27. The van der Waals surface area contributed by atoms with Crippen LogP contribution in [0.5, 0.6) is 0 Å². The molecule has 0 N–H and O–H groups in total. The highest BCUT2D eigenvalue weighted by molar-refractivity contribution is 9.11. The monoisotopic (exact) mass is 409 g/mol. The Morgan fingerprint density at radius 1 is 1.05 bits per heavy atom. The second-order valence-corrected chi connectivity index (χ2v) is 7.00. The van der Waals surface area contributed by atoms with E-state index in [0.29, 0.717) is 12.1 Å². The molecule has 0 aromatic heterocycles. The van der Waals surface area contributed by atoms with Crippen LogP contribution in [0.25, 0.3) is 0 Å². The van der Waals surface area contributed by atoms with E-state index in [0.717, 1.165) is 14.5 Å². The minimum Gasteiger partial charge on any atom is -0.332 e. The standard InChI is InChI=1S/C17H17Br2NO/c1-12(2)20(11-13-6-4-3-5-7-13)17(21)14-8-15(18)10-16(19)9-14/h3-10,12H,11H2,1-2H3. The lowest BCUT2D eigenvalue weighted by atomic mass is 10.1. The molecule has 0 aliphatic carbocycles. The average Bonchev–Trinajstić information content (AvgIpc) is 2.44. The molecule has 2 rings (SSSR count). The van der Waals surface area contributed by atoms with Crippen molar-refractivity contribution >= 4 is 37.8 Å². The molecule has 0 radical (unpaired) electrons. The maximum Gasteiger partial charge on any atom is 0.254 e. The summed E-state index contributed by atoms with van der Waals surface area (Å²) in [4.78, 5) is 14.7. The summed E-state index contributed by atoms with van der Waals surface area (Å²) in [6.07, 6.45) is 0. The summed E-state index contributed by atoms with van der Waals surface area (Å²) >= 11 is 6.87. The third-order valence-electron chi connectivity index (χ3n) is 3.19. The first-order valence-electron chi connectivity index (χ1n) is 6.78. The highest BCUT2D eigenvalue weighted by atomic mass is 79.9. The van der Waals surface area contributed by atoms with Crippen molar-refractivity contribution < 1.29 is 4.79 Å². The van der Waals surface area contributed by atoms with Crippen molar-refractivity contribution in [1.29, 1.82) is 0 Å². The minimum absolute atomic E-state index is 0.0378. The fourth-order valence-electron chi connectivity index (χ4n) is 2.11. The molecule has 4 heteroatoms. The number of halogens is 2. The van der Waals surface area contributed by atoms with Crippen LogP contribution in [0.15, 0.2) is 57.5 Å². The number of carbonyl (C=O) groups excluding carboxylic acids is 1.